The lowest BCUT2D eigenvalue weighted by atomic mass is 9.81. The largest absolute Gasteiger partial charge is 0.378 e. The lowest BCUT2D eigenvalue weighted by molar-refractivity contribution is 0.177. The molecule has 4 rings (SSSR count). The highest BCUT2D eigenvalue weighted by Gasteiger charge is 2.47. The number of benzene rings is 1. The van der Waals surface area contributed by atoms with Crippen LogP contribution in [-0.2, 0) is 10.3 Å². The first-order valence-corrected chi connectivity index (χ1v) is 8.50. The Kier molecular flexibility index (Phi) is 3.66. The van der Waals surface area contributed by atoms with Crippen LogP contribution >= 0.6 is 11.8 Å². The van der Waals surface area contributed by atoms with Crippen molar-refractivity contribution >= 4 is 16.8 Å². The summed E-state index contributed by atoms with van der Waals surface area (Å²) in [5.74, 6) is 1.03. The first kappa shape index (κ1) is 14.8. The highest BCUT2D eigenvalue weighted by Crippen LogP contribution is 2.45. The minimum Gasteiger partial charge on any atom is -0.378 e. The molecule has 0 bridgehead atoms. The summed E-state index contributed by atoms with van der Waals surface area (Å²) >= 11 is 1.77. The smallest absolute Gasteiger partial charge is 0.131 e. The van der Waals surface area contributed by atoms with E-state index in [9.17, 15) is 4.39 Å². The van der Waals surface area contributed by atoms with Gasteiger partial charge < -0.3 is 4.74 Å². The zero-order valence-electron chi connectivity index (χ0n) is 12.7. The maximum Gasteiger partial charge on any atom is 0.131 e. The molecule has 0 aliphatic carbocycles. The second-order valence-corrected chi connectivity index (χ2v) is 7.11. The third-order valence-electron chi connectivity index (χ3n) is 4.50. The topological polar surface area (TPSA) is 47.4 Å². The van der Waals surface area contributed by atoms with Crippen molar-refractivity contribution in [3.05, 3.63) is 48.3 Å². The summed E-state index contributed by atoms with van der Waals surface area (Å²) in [6.45, 7) is 3.27. The molecule has 23 heavy (non-hydrogen) atoms. The van der Waals surface area contributed by atoms with Crippen LogP contribution in [0.5, 0.6) is 0 Å². The van der Waals surface area contributed by atoms with Gasteiger partial charge in [0.1, 0.15) is 17.7 Å². The van der Waals surface area contributed by atoms with Gasteiger partial charge in [-0.3, -0.25) is 4.99 Å². The van der Waals surface area contributed by atoms with Gasteiger partial charge in [0, 0.05) is 35.2 Å². The van der Waals surface area contributed by atoms with Crippen LogP contribution in [-0.4, -0.2) is 34.0 Å². The lowest BCUT2D eigenvalue weighted by Gasteiger charge is -2.34. The molecule has 118 valence electrons. The second kappa shape index (κ2) is 5.69. The number of hydrogen-bond acceptors (Lipinski definition) is 5. The fourth-order valence-corrected chi connectivity index (χ4v) is 4.34. The Labute approximate surface area is 138 Å². The van der Waals surface area contributed by atoms with Crippen LogP contribution in [0.15, 0.2) is 41.9 Å². The Morgan fingerprint density at radius 3 is 2.96 bits per heavy atom. The molecule has 6 heteroatoms. The number of hydrogen-bond donors (Lipinski definition) is 0. The van der Waals surface area contributed by atoms with Gasteiger partial charge in [-0.15, -0.1) is 11.8 Å². The van der Waals surface area contributed by atoms with Crippen molar-refractivity contribution in [2.45, 2.75) is 12.5 Å². The predicted octanol–water partition coefficient (Wildman–Crippen LogP) is 3.29. The maximum absolute atomic E-state index is 14.3. The Morgan fingerprint density at radius 2 is 2.13 bits per heavy atom. The Bertz CT molecular complexity index is 768. The summed E-state index contributed by atoms with van der Waals surface area (Å²) in [5.41, 5.74) is 1.78. The van der Waals surface area contributed by atoms with Crippen LogP contribution in [0.4, 0.5) is 4.39 Å². The molecule has 2 aromatic rings. The predicted molar refractivity (Wildman–Crippen MR) is 89.0 cm³/mol. The van der Waals surface area contributed by atoms with Crippen molar-refractivity contribution in [3.8, 4) is 11.1 Å². The van der Waals surface area contributed by atoms with E-state index in [1.165, 1.54) is 12.4 Å². The van der Waals surface area contributed by atoms with Gasteiger partial charge in [0.15, 0.2) is 0 Å². The van der Waals surface area contributed by atoms with Crippen molar-refractivity contribution in [1.29, 1.82) is 0 Å². The van der Waals surface area contributed by atoms with Crippen molar-refractivity contribution in [3.63, 3.8) is 0 Å². The number of thioether (sulfide) groups is 1. The molecular formula is C17H16FN3OS. The molecule has 1 saturated heterocycles. The van der Waals surface area contributed by atoms with Crippen LogP contribution in [0.2, 0.25) is 0 Å². The van der Waals surface area contributed by atoms with Gasteiger partial charge in [-0.05, 0) is 24.6 Å². The molecule has 0 saturated carbocycles. The highest BCUT2D eigenvalue weighted by atomic mass is 32.2. The van der Waals surface area contributed by atoms with E-state index in [0.717, 1.165) is 16.4 Å². The summed E-state index contributed by atoms with van der Waals surface area (Å²) in [7, 11) is 0. The molecule has 0 unspecified atom stereocenters. The van der Waals surface area contributed by atoms with Gasteiger partial charge in [0.2, 0.25) is 0 Å². The Balaban J connectivity index is 1.85. The fourth-order valence-electron chi connectivity index (χ4n) is 3.29. The summed E-state index contributed by atoms with van der Waals surface area (Å²) in [6, 6.07) is 5.22. The Hall–Kier alpha value is -1.79. The van der Waals surface area contributed by atoms with Crippen molar-refractivity contribution in [2.75, 3.05) is 19.0 Å². The highest BCUT2D eigenvalue weighted by molar-refractivity contribution is 8.13. The molecule has 2 aliphatic rings. The lowest BCUT2D eigenvalue weighted by Crippen LogP contribution is -2.37. The number of halogens is 1. The molecule has 0 N–H and O–H groups in total. The minimum atomic E-state index is -0.395. The van der Waals surface area contributed by atoms with Crippen molar-refractivity contribution < 1.29 is 9.13 Å². The number of aliphatic imine (C=N–C) groups is 1. The van der Waals surface area contributed by atoms with Gasteiger partial charge in [-0.25, -0.2) is 14.4 Å². The van der Waals surface area contributed by atoms with Crippen LogP contribution in [0, 0.1) is 11.7 Å². The molecule has 3 heterocycles. The third-order valence-corrected chi connectivity index (χ3v) is 5.58. The summed E-state index contributed by atoms with van der Waals surface area (Å²) in [5, 5.41) is 1.06. The molecule has 4 nitrogen and oxygen atoms in total. The zero-order chi connectivity index (χ0) is 15.9. The fraction of sp³-hybridized carbons (Fsp3) is 0.353. The molecule has 0 amide bonds. The summed E-state index contributed by atoms with van der Waals surface area (Å²) in [4.78, 5) is 12.9. The molecular weight excluding hydrogens is 313 g/mol. The molecule has 0 spiro atoms. The summed E-state index contributed by atoms with van der Waals surface area (Å²) in [6.07, 6.45) is 4.69. The van der Waals surface area contributed by atoms with E-state index in [4.69, 9.17) is 9.73 Å². The standard InChI is InChI=1S/C17H16FN3OS/c1-11-21-17(9-22-7-14(17)8-23-11)13-2-3-16(18)15(4-13)12-5-19-10-20-6-12/h2-6,10,14H,7-9H2,1H3/t14-,17+/m1/s1. The number of nitrogens with zero attached hydrogens (tertiary/aromatic N) is 3. The number of rotatable bonds is 2. The zero-order valence-corrected chi connectivity index (χ0v) is 13.5. The van der Waals surface area contributed by atoms with Crippen molar-refractivity contribution in [1.82, 2.24) is 9.97 Å². The number of fused-ring (bicyclic) bond motifs is 1. The minimum absolute atomic E-state index is 0.277. The SMILES string of the molecule is CC1=N[C@]2(c3ccc(F)c(-c4cncnc4)c3)COC[C@@H]2CS1. The first-order valence-electron chi connectivity index (χ1n) is 7.51. The van der Waals surface area contributed by atoms with E-state index in [-0.39, 0.29) is 5.82 Å². The molecule has 2 atom stereocenters. The average molecular weight is 329 g/mol. The summed E-state index contributed by atoms with van der Waals surface area (Å²) < 4.78 is 20.0. The number of ether oxygens (including phenoxy) is 1. The van der Waals surface area contributed by atoms with Gasteiger partial charge in [-0.2, -0.15) is 0 Å². The van der Waals surface area contributed by atoms with Crippen LogP contribution in [0.25, 0.3) is 11.1 Å². The second-order valence-electron chi connectivity index (χ2n) is 5.90. The molecule has 1 aromatic heterocycles. The molecule has 1 fully saturated rings. The van der Waals surface area contributed by atoms with Crippen LogP contribution < -0.4 is 0 Å². The monoisotopic (exact) mass is 329 g/mol. The van der Waals surface area contributed by atoms with Gasteiger partial charge in [-0.1, -0.05) is 6.07 Å². The molecule has 0 radical (unpaired) electrons. The van der Waals surface area contributed by atoms with Crippen LogP contribution in [0.3, 0.4) is 0 Å². The Morgan fingerprint density at radius 1 is 1.30 bits per heavy atom. The normalized spacial score (nSPS) is 26.7. The molecule has 2 aliphatic heterocycles. The van der Waals surface area contributed by atoms with E-state index in [0.29, 0.717) is 30.3 Å². The first-order chi connectivity index (χ1) is 11.2. The van der Waals surface area contributed by atoms with E-state index >= 15 is 0 Å². The quantitative estimate of drug-likeness (QED) is 0.848. The van der Waals surface area contributed by atoms with E-state index < -0.39 is 5.54 Å². The van der Waals surface area contributed by atoms with E-state index in [1.807, 2.05) is 19.1 Å². The van der Waals surface area contributed by atoms with Crippen LogP contribution in [0.1, 0.15) is 12.5 Å². The van der Waals surface area contributed by atoms with Gasteiger partial charge in [0.05, 0.1) is 18.3 Å². The third kappa shape index (κ3) is 2.46. The van der Waals surface area contributed by atoms with Gasteiger partial charge in [0.25, 0.3) is 0 Å². The van der Waals surface area contributed by atoms with E-state index in [1.54, 1.807) is 24.2 Å². The van der Waals surface area contributed by atoms with Gasteiger partial charge >= 0.3 is 0 Å². The van der Waals surface area contributed by atoms with Crippen molar-refractivity contribution in [2.24, 2.45) is 10.9 Å². The molecule has 1 aromatic carbocycles. The van der Waals surface area contributed by atoms with E-state index in [2.05, 4.69) is 9.97 Å². The average Bonchev–Trinajstić information content (AvgIpc) is 3.00. The maximum atomic E-state index is 14.3. The number of aromatic nitrogens is 2.